The van der Waals surface area contributed by atoms with Gasteiger partial charge in [-0.15, -0.1) is 0 Å². The van der Waals surface area contributed by atoms with E-state index in [-0.39, 0.29) is 11.6 Å². The standard InChI is InChI=1S/C13H17N5O4S/c1-5-17-8-11(14)15-4-16-12(8)18(5)13-10(21-6(2)19)9(20)7(3-23)22-13/h4,7,9-10,13,20,23H,3H2,1-2H3,(H2,14,15,16)/t7-,9-,10-,13-/m1/s1. The summed E-state index contributed by atoms with van der Waals surface area (Å²) < 4.78 is 12.7. The number of aryl methyl sites for hydroxylation is 1. The maximum Gasteiger partial charge on any atom is 0.303 e. The molecule has 23 heavy (non-hydrogen) atoms. The lowest BCUT2D eigenvalue weighted by Crippen LogP contribution is -2.36. The van der Waals surface area contributed by atoms with E-state index in [1.54, 1.807) is 11.5 Å². The number of anilines is 1. The summed E-state index contributed by atoms with van der Waals surface area (Å²) in [6.07, 6.45) is -1.93. The molecule has 0 amide bonds. The van der Waals surface area contributed by atoms with Crippen LogP contribution in [0, 0.1) is 6.92 Å². The largest absolute Gasteiger partial charge is 0.455 e. The van der Waals surface area contributed by atoms with E-state index >= 15 is 0 Å². The highest BCUT2D eigenvalue weighted by Crippen LogP contribution is 2.35. The second-order valence-electron chi connectivity index (χ2n) is 5.27. The maximum atomic E-state index is 11.4. The topological polar surface area (TPSA) is 125 Å². The van der Waals surface area contributed by atoms with Crippen LogP contribution in [0.2, 0.25) is 0 Å². The lowest BCUT2D eigenvalue weighted by Gasteiger charge is -2.22. The zero-order valence-electron chi connectivity index (χ0n) is 12.6. The number of aliphatic hydroxyl groups is 1. The quantitative estimate of drug-likeness (QED) is 0.520. The van der Waals surface area contributed by atoms with E-state index in [0.29, 0.717) is 17.0 Å². The molecule has 1 fully saturated rings. The van der Waals surface area contributed by atoms with E-state index in [2.05, 4.69) is 27.6 Å². The molecule has 0 saturated carbocycles. The van der Waals surface area contributed by atoms with Crippen molar-refractivity contribution in [2.24, 2.45) is 0 Å². The summed E-state index contributed by atoms with van der Waals surface area (Å²) in [5.41, 5.74) is 6.70. The second-order valence-corrected chi connectivity index (χ2v) is 5.64. The molecule has 9 nitrogen and oxygen atoms in total. The van der Waals surface area contributed by atoms with Crippen molar-refractivity contribution in [3.8, 4) is 0 Å². The van der Waals surface area contributed by atoms with Crippen LogP contribution in [0.5, 0.6) is 0 Å². The minimum atomic E-state index is -1.00. The first-order chi connectivity index (χ1) is 10.9. The fourth-order valence-electron chi connectivity index (χ4n) is 2.74. The molecule has 10 heteroatoms. The Kier molecular flexibility index (Phi) is 4.13. The van der Waals surface area contributed by atoms with Crippen molar-refractivity contribution in [2.45, 2.75) is 38.4 Å². The van der Waals surface area contributed by atoms with Crippen LogP contribution in [0.15, 0.2) is 6.33 Å². The normalized spacial score (nSPS) is 27.5. The van der Waals surface area contributed by atoms with Crippen LogP contribution in [-0.4, -0.2) is 54.7 Å². The molecule has 0 aromatic carbocycles. The fourth-order valence-corrected chi connectivity index (χ4v) is 3.04. The van der Waals surface area contributed by atoms with E-state index in [0.717, 1.165) is 0 Å². The molecule has 0 bridgehead atoms. The number of aliphatic hydroxyl groups excluding tert-OH is 1. The summed E-state index contributed by atoms with van der Waals surface area (Å²) in [6, 6.07) is 0. The Bertz CT molecular complexity index is 751. The van der Waals surface area contributed by atoms with Gasteiger partial charge in [-0.1, -0.05) is 0 Å². The van der Waals surface area contributed by atoms with Gasteiger partial charge in [-0.2, -0.15) is 12.6 Å². The number of imidazole rings is 1. The Hall–Kier alpha value is -1.91. The highest BCUT2D eigenvalue weighted by Gasteiger charge is 2.47. The molecule has 3 heterocycles. The third-order valence-corrected chi connectivity index (χ3v) is 4.09. The summed E-state index contributed by atoms with van der Waals surface area (Å²) in [5.74, 6) is 0.559. The Morgan fingerprint density at radius 1 is 1.57 bits per heavy atom. The number of carbonyl (C=O) groups is 1. The van der Waals surface area contributed by atoms with Crippen LogP contribution in [0.3, 0.4) is 0 Å². The van der Waals surface area contributed by atoms with Crippen LogP contribution in [-0.2, 0) is 14.3 Å². The van der Waals surface area contributed by atoms with Gasteiger partial charge in [0.1, 0.15) is 18.3 Å². The highest BCUT2D eigenvalue weighted by molar-refractivity contribution is 7.80. The summed E-state index contributed by atoms with van der Waals surface area (Å²) in [6.45, 7) is 3.02. The van der Waals surface area contributed by atoms with Crippen molar-refractivity contribution in [1.29, 1.82) is 0 Å². The molecular weight excluding hydrogens is 322 g/mol. The Morgan fingerprint density at radius 3 is 2.96 bits per heavy atom. The van der Waals surface area contributed by atoms with E-state index in [1.165, 1.54) is 13.3 Å². The van der Waals surface area contributed by atoms with Gasteiger partial charge in [0.15, 0.2) is 29.3 Å². The third kappa shape index (κ3) is 2.62. The van der Waals surface area contributed by atoms with Crippen LogP contribution in [0.4, 0.5) is 5.82 Å². The first-order valence-corrected chi connectivity index (χ1v) is 7.64. The van der Waals surface area contributed by atoms with E-state index in [9.17, 15) is 9.90 Å². The number of hydrogen-bond donors (Lipinski definition) is 3. The van der Waals surface area contributed by atoms with E-state index in [4.69, 9.17) is 15.2 Å². The molecule has 0 aliphatic carbocycles. The predicted molar refractivity (Wildman–Crippen MR) is 83.8 cm³/mol. The van der Waals surface area contributed by atoms with Gasteiger partial charge >= 0.3 is 5.97 Å². The summed E-state index contributed by atoms with van der Waals surface area (Å²) in [7, 11) is 0. The number of nitrogen functional groups attached to an aromatic ring is 1. The van der Waals surface area contributed by atoms with Gasteiger partial charge in [-0.05, 0) is 6.92 Å². The average Bonchev–Trinajstić information content (AvgIpc) is 2.98. The summed E-state index contributed by atoms with van der Waals surface area (Å²) in [5, 5.41) is 10.3. The number of thiol groups is 1. The van der Waals surface area contributed by atoms with Crippen molar-refractivity contribution in [3.05, 3.63) is 12.2 Å². The molecule has 0 radical (unpaired) electrons. The van der Waals surface area contributed by atoms with Crippen LogP contribution in [0.1, 0.15) is 19.0 Å². The first kappa shape index (κ1) is 16.0. The van der Waals surface area contributed by atoms with E-state index in [1.807, 2.05) is 0 Å². The monoisotopic (exact) mass is 339 g/mol. The third-order valence-electron chi connectivity index (χ3n) is 3.73. The molecule has 1 aliphatic rings. The molecule has 3 N–H and O–H groups in total. The molecule has 4 atom stereocenters. The minimum Gasteiger partial charge on any atom is -0.455 e. The van der Waals surface area contributed by atoms with E-state index < -0.39 is 30.5 Å². The first-order valence-electron chi connectivity index (χ1n) is 7.00. The second kappa shape index (κ2) is 5.95. The number of esters is 1. The number of hydrogen-bond acceptors (Lipinski definition) is 9. The fraction of sp³-hybridized carbons (Fsp3) is 0.538. The van der Waals surface area contributed by atoms with Gasteiger partial charge < -0.3 is 20.3 Å². The Labute approximate surface area is 137 Å². The molecule has 1 aliphatic heterocycles. The molecule has 0 unspecified atom stereocenters. The number of aromatic nitrogens is 4. The number of rotatable bonds is 3. The molecule has 3 rings (SSSR count). The summed E-state index contributed by atoms with van der Waals surface area (Å²) >= 11 is 4.16. The molecule has 2 aromatic rings. The number of fused-ring (bicyclic) bond motifs is 1. The van der Waals surface area contributed by atoms with Gasteiger partial charge in [0.05, 0.1) is 6.10 Å². The molecule has 124 valence electrons. The lowest BCUT2D eigenvalue weighted by atomic mass is 10.1. The van der Waals surface area contributed by atoms with Crippen molar-refractivity contribution < 1.29 is 19.4 Å². The van der Waals surface area contributed by atoms with Gasteiger partial charge in [0, 0.05) is 12.7 Å². The van der Waals surface area contributed by atoms with Gasteiger partial charge in [-0.25, -0.2) is 15.0 Å². The van der Waals surface area contributed by atoms with Crippen LogP contribution >= 0.6 is 12.6 Å². The van der Waals surface area contributed by atoms with Crippen molar-refractivity contribution >= 4 is 35.6 Å². The minimum absolute atomic E-state index is 0.241. The van der Waals surface area contributed by atoms with Gasteiger partial charge in [0.25, 0.3) is 0 Å². The Morgan fingerprint density at radius 2 is 2.30 bits per heavy atom. The van der Waals surface area contributed by atoms with Crippen molar-refractivity contribution in [2.75, 3.05) is 11.5 Å². The number of nitrogens with zero attached hydrogens (tertiary/aromatic N) is 4. The molecule has 0 spiro atoms. The van der Waals surface area contributed by atoms with Crippen molar-refractivity contribution in [3.63, 3.8) is 0 Å². The molecule has 2 aromatic heterocycles. The zero-order chi connectivity index (χ0) is 16.7. The SMILES string of the molecule is CC(=O)O[C@@H]1[C@H](O)[C@@H](CS)O[C@H]1n1c(C)nc2c(N)ncnc21. The number of nitrogens with two attached hydrogens (primary N) is 1. The zero-order valence-corrected chi connectivity index (χ0v) is 13.5. The number of ether oxygens (including phenoxy) is 2. The lowest BCUT2D eigenvalue weighted by molar-refractivity contribution is -0.155. The van der Waals surface area contributed by atoms with Crippen LogP contribution < -0.4 is 5.73 Å². The average molecular weight is 339 g/mol. The van der Waals surface area contributed by atoms with Gasteiger partial charge in [0.2, 0.25) is 0 Å². The van der Waals surface area contributed by atoms with Crippen LogP contribution in [0.25, 0.3) is 11.2 Å². The highest BCUT2D eigenvalue weighted by atomic mass is 32.1. The van der Waals surface area contributed by atoms with Gasteiger partial charge in [-0.3, -0.25) is 9.36 Å². The molecular formula is C13H17N5O4S. The Balaban J connectivity index is 2.10. The predicted octanol–water partition coefficient (Wildman–Crippen LogP) is -0.163. The summed E-state index contributed by atoms with van der Waals surface area (Å²) in [4.78, 5) is 23.8. The molecule has 1 saturated heterocycles. The van der Waals surface area contributed by atoms with Crippen molar-refractivity contribution in [1.82, 2.24) is 19.5 Å². The number of carbonyl (C=O) groups excluding carboxylic acids is 1. The maximum absolute atomic E-state index is 11.4. The smallest absolute Gasteiger partial charge is 0.303 e.